The molecule has 1 aromatic rings. The molecule has 6 heteroatoms. The van der Waals surface area contributed by atoms with Gasteiger partial charge >= 0.3 is 0 Å². The summed E-state index contributed by atoms with van der Waals surface area (Å²) in [6.07, 6.45) is 7.19. The van der Waals surface area contributed by atoms with Crippen LogP contribution in [0.2, 0.25) is 0 Å². The molecule has 0 saturated heterocycles. The van der Waals surface area contributed by atoms with E-state index in [9.17, 15) is 0 Å². The van der Waals surface area contributed by atoms with E-state index >= 15 is 0 Å². The smallest absolute Gasteiger partial charge is 0.225 e. The molecule has 1 fully saturated rings. The maximum absolute atomic E-state index is 5.66. The summed E-state index contributed by atoms with van der Waals surface area (Å²) in [5.74, 6) is 1.50. The summed E-state index contributed by atoms with van der Waals surface area (Å²) >= 11 is 1.92. The largest absolute Gasteiger partial charge is 0.481 e. The summed E-state index contributed by atoms with van der Waals surface area (Å²) < 4.78 is 5.10. The topological polar surface area (TPSA) is 73.1 Å². The molecular weight excluding hydrogens is 248 g/mol. The molecule has 1 aromatic heterocycles. The highest BCUT2D eigenvalue weighted by molar-refractivity contribution is 7.99. The van der Waals surface area contributed by atoms with Crippen LogP contribution < -0.4 is 15.8 Å². The second-order valence-electron chi connectivity index (χ2n) is 4.46. The van der Waals surface area contributed by atoms with Crippen molar-refractivity contribution in [3.63, 3.8) is 0 Å². The minimum absolute atomic E-state index is 0.244. The van der Waals surface area contributed by atoms with E-state index in [0.717, 1.165) is 5.82 Å². The van der Waals surface area contributed by atoms with Crippen LogP contribution in [0.4, 0.5) is 11.8 Å². The highest BCUT2D eigenvalue weighted by atomic mass is 32.2. The first-order valence-corrected chi connectivity index (χ1v) is 7.49. The molecule has 5 nitrogen and oxygen atoms in total. The number of hydrogen-bond donors (Lipinski definition) is 2. The van der Waals surface area contributed by atoms with Gasteiger partial charge < -0.3 is 15.8 Å². The summed E-state index contributed by atoms with van der Waals surface area (Å²) in [6.45, 7) is 0. The second-order valence-corrected chi connectivity index (χ2v) is 5.54. The number of hydrogen-bond acceptors (Lipinski definition) is 6. The molecule has 0 bridgehead atoms. The van der Waals surface area contributed by atoms with Crippen LogP contribution in [0.25, 0.3) is 0 Å². The van der Waals surface area contributed by atoms with Gasteiger partial charge in [-0.2, -0.15) is 21.7 Å². The van der Waals surface area contributed by atoms with Gasteiger partial charge in [-0.15, -0.1) is 0 Å². The van der Waals surface area contributed by atoms with Crippen LogP contribution in [-0.2, 0) is 0 Å². The minimum atomic E-state index is 0.244. The van der Waals surface area contributed by atoms with E-state index in [1.807, 2.05) is 11.8 Å². The summed E-state index contributed by atoms with van der Waals surface area (Å²) in [4.78, 5) is 8.19. The molecule has 2 atom stereocenters. The van der Waals surface area contributed by atoms with Crippen LogP contribution in [0.15, 0.2) is 6.07 Å². The van der Waals surface area contributed by atoms with Crippen molar-refractivity contribution in [3.8, 4) is 5.88 Å². The number of aromatic nitrogens is 2. The SMILES string of the molecule is COc1cc(NC2CCCCC2SC)nc(N)n1. The number of nitrogens with one attached hydrogen (secondary N) is 1. The molecule has 1 saturated carbocycles. The number of anilines is 2. The van der Waals surface area contributed by atoms with Crippen molar-refractivity contribution in [3.05, 3.63) is 6.07 Å². The Morgan fingerprint density at radius 1 is 1.39 bits per heavy atom. The molecule has 2 rings (SSSR count). The van der Waals surface area contributed by atoms with Crippen molar-refractivity contribution in [2.24, 2.45) is 0 Å². The quantitative estimate of drug-likeness (QED) is 0.871. The van der Waals surface area contributed by atoms with Crippen LogP contribution in [0.1, 0.15) is 25.7 Å². The van der Waals surface area contributed by atoms with Gasteiger partial charge in [0.1, 0.15) is 5.82 Å². The van der Waals surface area contributed by atoms with E-state index in [0.29, 0.717) is 17.2 Å². The van der Waals surface area contributed by atoms with Gasteiger partial charge in [0.25, 0.3) is 0 Å². The van der Waals surface area contributed by atoms with Crippen molar-refractivity contribution in [2.75, 3.05) is 24.4 Å². The van der Waals surface area contributed by atoms with Gasteiger partial charge in [0.15, 0.2) is 0 Å². The Balaban J connectivity index is 2.09. The fraction of sp³-hybridized carbons (Fsp3) is 0.667. The van der Waals surface area contributed by atoms with Crippen LogP contribution >= 0.6 is 11.8 Å². The molecule has 1 aliphatic carbocycles. The van der Waals surface area contributed by atoms with Crippen LogP contribution in [0.3, 0.4) is 0 Å². The van der Waals surface area contributed by atoms with Crippen LogP contribution in [-0.4, -0.2) is 34.6 Å². The second kappa shape index (κ2) is 6.13. The maximum atomic E-state index is 5.66. The molecule has 0 spiro atoms. The Bertz CT molecular complexity index is 402. The summed E-state index contributed by atoms with van der Waals surface area (Å²) in [5.41, 5.74) is 5.66. The van der Waals surface area contributed by atoms with Gasteiger partial charge in [-0.3, -0.25) is 0 Å². The van der Waals surface area contributed by atoms with E-state index in [1.165, 1.54) is 25.7 Å². The first kappa shape index (κ1) is 13.3. The van der Waals surface area contributed by atoms with Crippen molar-refractivity contribution in [1.29, 1.82) is 0 Å². The van der Waals surface area contributed by atoms with Gasteiger partial charge in [0.2, 0.25) is 11.8 Å². The third-order valence-electron chi connectivity index (χ3n) is 3.27. The van der Waals surface area contributed by atoms with Crippen molar-refractivity contribution < 1.29 is 4.74 Å². The van der Waals surface area contributed by atoms with Gasteiger partial charge in [-0.05, 0) is 19.1 Å². The van der Waals surface area contributed by atoms with Gasteiger partial charge in [-0.1, -0.05) is 12.8 Å². The Morgan fingerprint density at radius 3 is 2.89 bits per heavy atom. The molecule has 0 radical (unpaired) electrons. The summed E-state index contributed by atoms with van der Waals surface area (Å²) in [7, 11) is 1.58. The van der Waals surface area contributed by atoms with E-state index in [4.69, 9.17) is 10.5 Å². The zero-order valence-corrected chi connectivity index (χ0v) is 11.7. The van der Waals surface area contributed by atoms with Gasteiger partial charge in [0.05, 0.1) is 7.11 Å². The standard InChI is InChI=1S/C12H20N4OS/c1-17-11-7-10(15-12(13)16-11)14-8-5-3-4-6-9(8)18-2/h7-9H,3-6H2,1-2H3,(H3,13,14,15,16). The highest BCUT2D eigenvalue weighted by Gasteiger charge is 2.24. The molecule has 0 amide bonds. The number of nitrogens with zero attached hydrogens (tertiary/aromatic N) is 2. The first-order chi connectivity index (χ1) is 8.72. The third-order valence-corrected chi connectivity index (χ3v) is 4.44. The predicted molar refractivity (Wildman–Crippen MR) is 76.2 cm³/mol. The van der Waals surface area contributed by atoms with E-state index in [-0.39, 0.29) is 5.95 Å². The summed E-state index contributed by atoms with van der Waals surface area (Å²) in [5, 5.41) is 4.11. The number of nitrogen functional groups attached to an aromatic ring is 1. The van der Waals surface area contributed by atoms with E-state index < -0.39 is 0 Å². The lowest BCUT2D eigenvalue weighted by Gasteiger charge is -2.31. The Hall–Kier alpha value is -1.17. The fourth-order valence-corrected chi connectivity index (χ4v) is 3.29. The van der Waals surface area contributed by atoms with Gasteiger partial charge in [0, 0.05) is 17.4 Å². The summed E-state index contributed by atoms with van der Waals surface area (Å²) in [6, 6.07) is 2.25. The van der Waals surface area contributed by atoms with E-state index in [1.54, 1.807) is 13.2 Å². The zero-order chi connectivity index (χ0) is 13.0. The van der Waals surface area contributed by atoms with Crippen molar-refractivity contribution in [1.82, 2.24) is 9.97 Å². The minimum Gasteiger partial charge on any atom is -0.481 e. The van der Waals surface area contributed by atoms with Crippen molar-refractivity contribution in [2.45, 2.75) is 37.0 Å². The predicted octanol–water partition coefficient (Wildman–Crippen LogP) is 2.15. The lowest BCUT2D eigenvalue weighted by atomic mass is 9.95. The Kier molecular flexibility index (Phi) is 4.52. The molecule has 3 N–H and O–H groups in total. The molecule has 100 valence electrons. The molecule has 0 aliphatic heterocycles. The maximum Gasteiger partial charge on any atom is 0.225 e. The lowest BCUT2D eigenvalue weighted by Crippen LogP contribution is -2.34. The van der Waals surface area contributed by atoms with Crippen LogP contribution in [0, 0.1) is 0 Å². The molecule has 2 unspecified atom stereocenters. The fourth-order valence-electron chi connectivity index (χ4n) is 2.36. The zero-order valence-electron chi connectivity index (χ0n) is 10.8. The number of ether oxygens (including phenoxy) is 1. The average Bonchev–Trinajstić information content (AvgIpc) is 2.38. The van der Waals surface area contributed by atoms with Gasteiger partial charge in [-0.25, -0.2) is 0 Å². The normalized spacial score (nSPS) is 23.7. The molecular formula is C12H20N4OS. The Morgan fingerprint density at radius 2 is 2.17 bits per heavy atom. The van der Waals surface area contributed by atoms with Crippen LogP contribution in [0.5, 0.6) is 5.88 Å². The average molecular weight is 268 g/mol. The number of nitrogens with two attached hydrogens (primary N) is 1. The van der Waals surface area contributed by atoms with Crippen molar-refractivity contribution >= 4 is 23.5 Å². The molecule has 1 heterocycles. The Labute approximate surface area is 112 Å². The number of rotatable bonds is 4. The molecule has 18 heavy (non-hydrogen) atoms. The van der Waals surface area contributed by atoms with E-state index in [2.05, 4.69) is 21.5 Å². The molecule has 0 aromatic carbocycles. The lowest BCUT2D eigenvalue weighted by molar-refractivity contribution is 0.397. The third kappa shape index (κ3) is 3.19. The number of methoxy groups -OCH3 is 1. The monoisotopic (exact) mass is 268 g/mol. The highest BCUT2D eigenvalue weighted by Crippen LogP contribution is 2.29. The first-order valence-electron chi connectivity index (χ1n) is 6.21. The molecule has 1 aliphatic rings. The number of thioether (sulfide) groups is 1.